The number of hydrogen-bond donors (Lipinski definition) is 0. The van der Waals surface area contributed by atoms with Gasteiger partial charge >= 0.3 is 0 Å². The van der Waals surface area contributed by atoms with E-state index in [0.29, 0.717) is 0 Å². The summed E-state index contributed by atoms with van der Waals surface area (Å²) in [5, 5.41) is 9.29. The zero-order valence-corrected chi connectivity index (χ0v) is 10.5. The van der Waals surface area contributed by atoms with Crippen molar-refractivity contribution in [1.82, 2.24) is 4.98 Å². The van der Waals surface area contributed by atoms with Gasteiger partial charge in [-0.2, -0.15) is 5.26 Å². The van der Waals surface area contributed by atoms with Gasteiger partial charge in [-0.15, -0.1) is 0 Å². The number of nitrogens with zero attached hydrogens (tertiary/aromatic N) is 2. The lowest BCUT2D eigenvalue weighted by molar-refractivity contribution is 0.745. The molecular formula is C16H16N2. The minimum atomic E-state index is -0.0296. The molecule has 1 atom stereocenters. The molecule has 0 spiro atoms. The zero-order valence-electron chi connectivity index (χ0n) is 10.5. The van der Waals surface area contributed by atoms with Crippen LogP contribution < -0.4 is 0 Å². The summed E-state index contributed by atoms with van der Waals surface area (Å²) in [6.07, 6.45) is 5.35. The van der Waals surface area contributed by atoms with Crippen molar-refractivity contribution >= 4 is 0 Å². The standard InChI is InChI=1S/C16H16N2/c1-13-3-2-4-15(11-13)16(12-17)6-5-14-7-9-18-10-8-14/h2-4,7-11,16H,5-6H2,1H3. The molecule has 90 valence electrons. The number of pyridine rings is 1. The summed E-state index contributed by atoms with van der Waals surface area (Å²) in [7, 11) is 0. The fourth-order valence-electron chi connectivity index (χ4n) is 2.05. The van der Waals surface area contributed by atoms with Crippen LogP contribution in [0.5, 0.6) is 0 Å². The molecule has 2 aromatic rings. The van der Waals surface area contributed by atoms with Gasteiger partial charge < -0.3 is 0 Å². The lowest BCUT2D eigenvalue weighted by Crippen LogP contribution is -1.99. The maximum absolute atomic E-state index is 9.29. The zero-order chi connectivity index (χ0) is 12.8. The molecule has 0 aliphatic heterocycles. The minimum absolute atomic E-state index is 0.0296. The fraction of sp³-hybridized carbons (Fsp3) is 0.250. The van der Waals surface area contributed by atoms with Crippen LogP contribution in [-0.2, 0) is 6.42 Å². The average Bonchev–Trinajstić information content (AvgIpc) is 2.41. The molecule has 0 saturated heterocycles. The van der Waals surface area contributed by atoms with Crippen LogP contribution in [0.25, 0.3) is 0 Å². The van der Waals surface area contributed by atoms with E-state index in [-0.39, 0.29) is 5.92 Å². The minimum Gasteiger partial charge on any atom is -0.265 e. The van der Waals surface area contributed by atoms with Gasteiger partial charge in [0.05, 0.1) is 12.0 Å². The van der Waals surface area contributed by atoms with Gasteiger partial charge in [0.25, 0.3) is 0 Å². The summed E-state index contributed by atoms with van der Waals surface area (Å²) >= 11 is 0. The van der Waals surface area contributed by atoms with E-state index in [1.165, 1.54) is 11.1 Å². The van der Waals surface area contributed by atoms with Gasteiger partial charge in [-0.3, -0.25) is 4.98 Å². The Morgan fingerprint density at radius 3 is 2.67 bits per heavy atom. The highest BCUT2D eigenvalue weighted by Crippen LogP contribution is 2.21. The largest absolute Gasteiger partial charge is 0.265 e. The Morgan fingerprint density at radius 1 is 1.22 bits per heavy atom. The van der Waals surface area contributed by atoms with E-state index in [0.717, 1.165) is 18.4 Å². The lowest BCUT2D eigenvalue weighted by Gasteiger charge is -2.10. The van der Waals surface area contributed by atoms with Crippen molar-refractivity contribution in [2.45, 2.75) is 25.7 Å². The average molecular weight is 236 g/mol. The van der Waals surface area contributed by atoms with Crippen LogP contribution >= 0.6 is 0 Å². The SMILES string of the molecule is Cc1cccc(C(C#N)CCc2ccncc2)c1. The van der Waals surface area contributed by atoms with Crippen LogP contribution in [0.4, 0.5) is 0 Å². The van der Waals surface area contributed by atoms with Crippen molar-refractivity contribution in [1.29, 1.82) is 5.26 Å². The molecular weight excluding hydrogens is 220 g/mol. The first-order chi connectivity index (χ1) is 8.79. The van der Waals surface area contributed by atoms with Crippen LogP contribution in [-0.4, -0.2) is 4.98 Å². The van der Waals surface area contributed by atoms with Crippen molar-refractivity contribution in [2.75, 3.05) is 0 Å². The van der Waals surface area contributed by atoms with Gasteiger partial charge in [0.2, 0.25) is 0 Å². The first kappa shape index (κ1) is 12.3. The molecule has 1 aromatic heterocycles. The Hall–Kier alpha value is -2.14. The van der Waals surface area contributed by atoms with Gasteiger partial charge in [-0.25, -0.2) is 0 Å². The van der Waals surface area contributed by atoms with Crippen molar-refractivity contribution in [3.63, 3.8) is 0 Å². The maximum Gasteiger partial charge on any atom is 0.0716 e. The lowest BCUT2D eigenvalue weighted by atomic mass is 9.93. The van der Waals surface area contributed by atoms with E-state index in [1.807, 2.05) is 24.3 Å². The van der Waals surface area contributed by atoms with Crippen LogP contribution in [0, 0.1) is 18.3 Å². The molecule has 0 amide bonds. The van der Waals surface area contributed by atoms with Crippen LogP contribution in [0.2, 0.25) is 0 Å². The van der Waals surface area contributed by atoms with E-state index in [1.54, 1.807) is 12.4 Å². The quantitative estimate of drug-likeness (QED) is 0.812. The third-order valence-electron chi connectivity index (χ3n) is 3.07. The molecule has 2 nitrogen and oxygen atoms in total. The highest BCUT2D eigenvalue weighted by Gasteiger charge is 2.10. The Morgan fingerprint density at radius 2 is 2.00 bits per heavy atom. The Kier molecular flexibility index (Phi) is 4.09. The molecule has 1 heterocycles. The number of benzene rings is 1. The first-order valence-corrected chi connectivity index (χ1v) is 6.14. The second-order valence-electron chi connectivity index (χ2n) is 4.49. The van der Waals surface area contributed by atoms with Gasteiger partial charge in [-0.1, -0.05) is 29.8 Å². The first-order valence-electron chi connectivity index (χ1n) is 6.14. The monoisotopic (exact) mass is 236 g/mol. The summed E-state index contributed by atoms with van der Waals surface area (Å²) in [5.41, 5.74) is 3.56. The van der Waals surface area contributed by atoms with Crippen molar-refractivity contribution in [2.24, 2.45) is 0 Å². The highest BCUT2D eigenvalue weighted by molar-refractivity contribution is 5.29. The predicted molar refractivity (Wildman–Crippen MR) is 72.1 cm³/mol. The smallest absolute Gasteiger partial charge is 0.0716 e. The van der Waals surface area contributed by atoms with E-state index in [2.05, 4.69) is 30.1 Å². The molecule has 2 rings (SSSR count). The summed E-state index contributed by atoms with van der Waals surface area (Å²) in [5.74, 6) is -0.0296. The van der Waals surface area contributed by atoms with Crippen LogP contribution in [0.3, 0.4) is 0 Å². The summed E-state index contributed by atoms with van der Waals surface area (Å²) < 4.78 is 0. The topological polar surface area (TPSA) is 36.7 Å². The fourth-order valence-corrected chi connectivity index (χ4v) is 2.05. The van der Waals surface area contributed by atoms with Crippen molar-refractivity contribution in [3.8, 4) is 6.07 Å². The van der Waals surface area contributed by atoms with E-state index >= 15 is 0 Å². The normalized spacial score (nSPS) is 11.8. The molecule has 0 saturated carbocycles. The molecule has 0 N–H and O–H groups in total. The number of aryl methyl sites for hydroxylation is 2. The molecule has 1 aromatic carbocycles. The van der Waals surface area contributed by atoms with E-state index in [9.17, 15) is 5.26 Å². The van der Waals surface area contributed by atoms with Gasteiger partial charge in [0, 0.05) is 12.4 Å². The second-order valence-corrected chi connectivity index (χ2v) is 4.49. The Labute approximate surface area is 108 Å². The molecule has 2 heteroatoms. The maximum atomic E-state index is 9.29. The Bertz CT molecular complexity index is 541. The summed E-state index contributed by atoms with van der Waals surface area (Å²) in [4.78, 5) is 4.00. The number of nitriles is 1. The second kappa shape index (κ2) is 5.97. The molecule has 0 bridgehead atoms. The number of rotatable bonds is 4. The van der Waals surface area contributed by atoms with E-state index in [4.69, 9.17) is 0 Å². The molecule has 0 aliphatic rings. The third-order valence-corrected chi connectivity index (χ3v) is 3.07. The van der Waals surface area contributed by atoms with Crippen LogP contribution in [0.1, 0.15) is 29.0 Å². The van der Waals surface area contributed by atoms with Gasteiger partial charge in [-0.05, 0) is 43.0 Å². The molecule has 0 fully saturated rings. The molecule has 0 radical (unpaired) electrons. The van der Waals surface area contributed by atoms with Crippen molar-refractivity contribution in [3.05, 3.63) is 65.5 Å². The summed E-state index contributed by atoms with van der Waals surface area (Å²) in [6.45, 7) is 2.06. The molecule has 0 aliphatic carbocycles. The predicted octanol–water partition coefficient (Wildman–Crippen LogP) is 3.63. The molecule has 18 heavy (non-hydrogen) atoms. The van der Waals surface area contributed by atoms with E-state index < -0.39 is 0 Å². The molecule has 1 unspecified atom stereocenters. The van der Waals surface area contributed by atoms with Crippen molar-refractivity contribution < 1.29 is 0 Å². The van der Waals surface area contributed by atoms with Gasteiger partial charge in [0.15, 0.2) is 0 Å². The highest BCUT2D eigenvalue weighted by atomic mass is 14.6. The number of hydrogen-bond acceptors (Lipinski definition) is 2. The summed E-state index contributed by atoms with van der Waals surface area (Å²) in [6, 6.07) is 14.6. The van der Waals surface area contributed by atoms with Crippen LogP contribution in [0.15, 0.2) is 48.8 Å². The van der Waals surface area contributed by atoms with Gasteiger partial charge in [0.1, 0.15) is 0 Å². The Balaban J connectivity index is 2.05. The third kappa shape index (κ3) is 3.18. The number of aromatic nitrogens is 1.